The topological polar surface area (TPSA) is 36.7 Å². The molecule has 2 rings (SSSR count). The molecule has 2 aromatic rings. The van der Waals surface area contributed by atoms with Crippen LogP contribution >= 0.6 is 11.3 Å². The number of hydrogen-bond acceptors (Lipinski definition) is 3. The summed E-state index contributed by atoms with van der Waals surface area (Å²) in [6.07, 6.45) is -2.79. The number of alkyl halides is 3. The summed E-state index contributed by atoms with van der Waals surface area (Å²) >= 11 is 1.31. The molecule has 0 fully saturated rings. The summed E-state index contributed by atoms with van der Waals surface area (Å²) in [5.41, 5.74) is -0.344. The Morgan fingerprint density at radius 1 is 1.38 bits per heavy atom. The third kappa shape index (κ3) is 2.06. The number of rotatable bonds is 2. The molecule has 1 aromatic carbocycles. The smallest absolute Gasteiger partial charge is 0.313 e. The molecular weight excluding hydrogens is 237 g/mol. The van der Waals surface area contributed by atoms with Crippen LogP contribution in [-0.4, -0.2) is 11.2 Å². The van der Waals surface area contributed by atoms with Gasteiger partial charge in [0.15, 0.2) is 0 Å². The van der Waals surface area contributed by atoms with E-state index >= 15 is 0 Å². The van der Waals surface area contributed by atoms with Crippen LogP contribution in [0.3, 0.4) is 0 Å². The maximum absolute atomic E-state index is 12.4. The van der Waals surface area contributed by atoms with Gasteiger partial charge in [-0.05, 0) is 18.2 Å². The molecule has 0 aliphatic carbocycles. The van der Waals surface area contributed by atoms with E-state index in [9.17, 15) is 13.2 Å². The van der Waals surface area contributed by atoms with E-state index in [-0.39, 0.29) is 0 Å². The van der Waals surface area contributed by atoms with Crippen LogP contribution in [0.1, 0.15) is 10.6 Å². The molecule has 0 saturated heterocycles. The van der Waals surface area contributed by atoms with Gasteiger partial charge in [0.05, 0.1) is 20.8 Å². The van der Waals surface area contributed by atoms with E-state index < -0.39 is 11.7 Å². The molecule has 1 aromatic heterocycles. The van der Waals surface area contributed by atoms with Crippen LogP contribution < -0.4 is 0 Å². The molecule has 0 amide bonds. The summed E-state index contributed by atoms with van der Waals surface area (Å²) in [5, 5.41) is 7.57. The molecule has 0 saturated carbocycles. The minimum Gasteiger partial charge on any atom is -0.313 e. The number of hydrogen-bond donors (Lipinski definition) is 1. The number of thiazole rings is 1. The molecule has 0 spiro atoms. The van der Waals surface area contributed by atoms with Crippen molar-refractivity contribution in [3.05, 3.63) is 28.8 Å². The van der Waals surface area contributed by atoms with Gasteiger partial charge in [-0.3, -0.25) is 0 Å². The van der Waals surface area contributed by atoms with Gasteiger partial charge in [0.2, 0.25) is 0 Å². The fourth-order valence-corrected chi connectivity index (χ4v) is 2.24. The van der Waals surface area contributed by atoms with Gasteiger partial charge in [-0.1, -0.05) is 0 Å². The van der Waals surface area contributed by atoms with Crippen LogP contribution in [0.15, 0.2) is 18.2 Å². The van der Waals surface area contributed by atoms with Crippen molar-refractivity contribution < 1.29 is 13.2 Å². The molecule has 2 nitrogen and oxygen atoms in total. The zero-order valence-electron chi connectivity index (χ0n) is 8.01. The highest BCUT2D eigenvalue weighted by molar-refractivity contribution is 7.18. The van der Waals surface area contributed by atoms with E-state index in [4.69, 9.17) is 5.41 Å². The summed E-state index contributed by atoms with van der Waals surface area (Å²) in [4.78, 5) is 4.04. The van der Waals surface area contributed by atoms with Gasteiger partial charge >= 0.3 is 6.18 Å². The molecule has 0 bridgehead atoms. The molecule has 16 heavy (non-hydrogen) atoms. The van der Waals surface area contributed by atoms with Gasteiger partial charge in [0, 0.05) is 12.6 Å². The van der Waals surface area contributed by atoms with Gasteiger partial charge in [0.1, 0.15) is 0 Å². The van der Waals surface area contributed by atoms with E-state index in [0.29, 0.717) is 21.6 Å². The van der Waals surface area contributed by atoms with Crippen LogP contribution in [0.4, 0.5) is 13.2 Å². The summed E-state index contributed by atoms with van der Waals surface area (Å²) in [6.45, 7) is 0. The highest BCUT2D eigenvalue weighted by Crippen LogP contribution is 2.32. The Morgan fingerprint density at radius 3 is 2.75 bits per heavy atom. The van der Waals surface area contributed by atoms with Crippen molar-refractivity contribution in [1.29, 1.82) is 5.41 Å². The minimum absolute atomic E-state index is 0.344. The Balaban J connectivity index is 2.49. The third-order valence-electron chi connectivity index (χ3n) is 2.04. The first-order valence-corrected chi connectivity index (χ1v) is 5.28. The third-order valence-corrected chi connectivity index (χ3v) is 3.09. The predicted octanol–water partition coefficient (Wildman–Crippen LogP) is 3.51. The van der Waals surface area contributed by atoms with Crippen LogP contribution in [0.5, 0.6) is 0 Å². The van der Waals surface area contributed by atoms with E-state index in [1.165, 1.54) is 23.6 Å². The number of nitrogens with one attached hydrogen (secondary N) is 1. The molecule has 6 heteroatoms. The predicted molar refractivity (Wildman–Crippen MR) is 57.1 cm³/mol. The number of fused-ring (bicyclic) bond motifs is 1. The summed E-state index contributed by atoms with van der Waals surface area (Å²) in [5.74, 6) is 0. The molecule has 0 radical (unpaired) electrons. The van der Waals surface area contributed by atoms with Gasteiger partial charge in [-0.2, -0.15) is 13.2 Å². The number of halogens is 3. The molecule has 0 unspecified atom stereocenters. The normalized spacial score (nSPS) is 11.9. The fraction of sp³-hybridized carbons (Fsp3) is 0.200. The lowest BCUT2D eigenvalue weighted by molar-refractivity contribution is -0.137. The van der Waals surface area contributed by atoms with Crippen LogP contribution in [0.2, 0.25) is 0 Å². The lowest BCUT2D eigenvalue weighted by Crippen LogP contribution is -2.03. The summed E-state index contributed by atoms with van der Waals surface area (Å²) < 4.78 is 37.9. The van der Waals surface area contributed by atoms with Gasteiger partial charge in [-0.15, -0.1) is 11.3 Å². The van der Waals surface area contributed by atoms with Crippen molar-refractivity contribution in [3.8, 4) is 0 Å². The van der Waals surface area contributed by atoms with Gasteiger partial charge in [0.25, 0.3) is 0 Å². The zero-order chi connectivity index (χ0) is 11.8. The first-order chi connectivity index (χ1) is 7.50. The number of aromatic nitrogens is 1. The second-order valence-corrected chi connectivity index (χ2v) is 4.31. The highest BCUT2D eigenvalue weighted by Gasteiger charge is 2.30. The molecule has 0 aliphatic rings. The molecular formula is C10H7F3N2S. The molecule has 84 valence electrons. The second-order valence-electron chi connectivity index (χ2n) is 3.20. The quantitative estimate of drug-likeness (QED) is 0.806. The SMILES string of the molecule is N=CCc1nc2cc(C(F)(F)F)ccc2s1. The Morgan fingerprint density at radius 2 is 2.12 bits per heavy atom. The average Bonchev–Trinajstić information content (AvgIpc) is 2.57. The van der Waals surface area contributed by atoms with Crippen LogP contribution in [0.25, 0.3) is 10.2 Å². The summed E-state index contributed by atoms with van der Waals surface area (Å²) in [7, 11) is 0. The number of nitrogens with zero attached hydrogens (tertiary/aromatic N) is 1. The molecule has 0 aliphatic heterocycles. The first-order valence-electron chi connectivity index (χ1n) is 4.46. The van der Waals surface area contributed by atoms with Gasteiger partial charge < -0.3 is 5.41 Å². The van der Waals surface area contributed by atoms with Crippen molar-refractivity contribution in [2.45, 2.75) is 12.6 Å². The van der Waals surface area contributed by atoms with Crippen molar-refractivity contribution in [2.75, 3.05) is 0 Å². The zero-order valence-corrected chi connectivity index (χ0v) is 8.82. The monoisotopic (exact) mass is 244 g/mol. The van der Waals surface area contributed by atoms with E-state index in [0.717, 1.165) is 12.1 Å². The Labute approximate surface area is 93.2 Å². The van der Waals surface area contributed by atoms with E-state index in [2.05, 4.69) is 4.98 Å². The van der Waals surface area contributed by atoms with Gasteiger partial charge in [-0.25, -0.2) is 4.98 Å². The Hall–Kier alpha value is -1.43. The maximum Gasteiger partial charge on any atom is 0.416 e. The standard InChI is InChI=1S/C10H7F3N2S/c11-10(12,13)6-1-2-8-7(5-6)15-9(16-8)3-4-14/h1-2,4-5,14H,3H2. The maximum atomic E-state index is 12.4. The molecule has 1 heterocycles. The van der Waals surface area contributed by atoms with Crippen LogP contribution in [0, 0.1) is 5.41 Å². The average molecular weight is 244 g/mol. The van der Waals surface area contributed by atoms with Crippen LogP contribution in [-0.2, 0) is 12.6 Å². The largest absolute Gasteiger partial charge is 0.416 e. The molecule has 0 atom stereocenters. The Bertz CT molecular complexity index is 530. The first kappa shape index (κ1) is 11.1. The Kier molecular flexibility index (Phi) is 2.67. The van der Waals surface area contributed by atoms with E-state index in [1.54, 1.807) is 0 Å². The van der Waals surface area contributed by atoms with Crippen molar-refractivity contribution in [2.24, 2.45) is 0 Å². The lowest BCUT2D eigenvalue weighted by Gasteiger charge is -2.04. The second kappa shape index (κ2) is 3.86. The van der Waals surface area contributed by atoms with Crippen molar-refractivity contribution in [1.82, 2.24) is 4.98 Å². The number of benzene rings is 1. The fourth-order valence-electron chi connectivity index (χ4n) is 1.33. The molecule has 1 N–H and O–H groups in total. The summed E-state index contributed by atoms with van der Waals surface area (Å²) in [6, 6.07) is 3.51. The van der Waals surface area contributed by atoms with Crippen molar-refractivity contribution in [3.63, 3.8) is 0 Å². The minimum atomic E-state index is -4.33. The highest BCUT2D eigenvalue weighted by atomic mass is 32.1. The van der Waals surface area contributed by atoms with E-state index in [1.807, 2.05) is 0 Å². The van der Waals surface area contributed by atoms with Crippen molar-refractivity contribution >= 4 is 27.8 Å². The lowest BCUT2D eigenvalue weighted by atomic mass is 10.2.